The molecule has 1 aromatic carbocycles. The number of dihydropyridines is 1. The zero-order chi connectivity index (χ0) is 26.1. The van der Waals surface area contributed by atoms with Gasteiger partial charge >= 0.3 is 6.18 Å². The maximum Gasteiger partial charge on any atom is 0.412 e. The molecule has 0 amide bonds. The maximum atomic E-state index is 12.9. The van der Waals surface area contributed by atoms with E-state index in [1.807, 2.05) is 37.5 Å². The highest BCUT2D eigenvalue weighted by atomic mass is 19.4. The largest absolute Gasteiger partial charge is 0.412 e. The normalized spacial score (nSPS) is 14.0. The van der Waals surface area contributed by atoms with Crippen LogP contribution < -0.4 is 10.6 Å². The molecular weight excluding hydrogens is 465 g/mol. The number of nitrogens with one attached hydrogen (secondary N) is 2. The summed E-state index contributed by atoms with van der Waals surface area (Å²) in [6, 6.07) is 7.78. The summed E-state index contributed by atoms with van der Waals surface area (Å²) in [7, 11) is 2.00. The van der Waals surface area contributed by atoms with Gasteiger partial charge in [-0.05, 0) is 36.1 Å². The van der Waals surface area contributed by atoms with Crippen LogP contribution in [0, 0.1) is 0 Å². The number of halogens is 3. The molecule has 0 aliphatic carbocycles. The molecule has 1 aliphatic rings. The van der Waals surface area contributed by atoms with Crippen molar-refractivity contribution in [1.82, 2.24) is 20.2 Å². The number of aromatic nitrogens is 2. The van der Waals surface area contributed by atoms with Crippen LogP contribution >= 0.6 is 0 Å². The number of amidine groups is 1. The molecule has 9 heteroatoms. The summed E-state index contributed by atoms with van der Waals surface area (Å²) in [5, 5.41) is 6.06. The highest BCUT2D eigenvalue weighted by Gasteiger charge is 2.34. The monoisotopic (exact) mass is 496 g/mol. The molecule has 2 heterocycles. The molecule has 0 saturated carbocycles. The SMILES string of the molecule is C=C/C(=C\N(C)CCC)Nc1ncc(-c2ccc(CC(=C)NC3=NCCC(C(F)(F)F)=C3)cc2)cn1. The average molecular weight is 497 g/mol. The molecule has 0 bridgehead atoms. The molecular formula is C27H31F3N6. The van der Waals surface area contributed by atoms with Gasteiger partial charge < -0.3 is 15.5 Å². The number of rotatable bonds is 10. The van der Waals surface area contributed by atoms with Crippen molar-refractivity contribution in [3.63, 3.8) is 0 Å². The summed E-state index contributed by atoms with van der Waals surface area (Å²) >= 11 is 0. The second-order valence-electron chi connectivity index (χ2n) is 8.48. The molecule has 0 atom stereocenters. The predicted octanol–water partition coefficient (Wildman–Crippen LogP) is 5.86. The molecule has 190 valence electrons. The number of benzene rings is 1. The lowest BCUT2D eigenvalue weighted by molar-refractivity contribution is -0.0938. The van der Waals surface area contributed by atoms with Crippen molar-refractivity contribution in [3.8, 4) is 11.1 Å². The number of aliphatic imine (C=N–C) groups is 1. The van der Waals surface area contributed by atoms with Gasteiger partial charge in [-0.1, -0.05) is 44.3 Å². The van der Waals surface area contributed by atoms with Gasteiger partial charge in [0.1, 0.15) is 5.84 Å². The molecule has 0 spiro atoms. The van der Waals surface area contributed by atoms with Crippen LogP contribution in [-0.4, -0.2) is 47.0 Å². The lowest BCUT2D eigenvalue weighted by Crippen LogP contribution is -2.27. The Hall–Kier alpha value is -3.88. The van der Waals surface area contributed by atoms with Crippen LogP contribution in [0.2, 0.25) is 0 Å². The van der Waals surface area contributed by atoms with E-state index in [1.165, 1.54) is 0 Å². The molecule has 6 nitrogen and oxygen atoms in total. The van der Waals surface area contributed by atoms with Crippen molar-refractivity contribution in [2.24, 2.45) is 4.99 Å². The van der Waals surface area contributed by atoms with Crippen LogP contribution in [0.1, 0.15) is 25.3 Å². The van der Waals surface area contributed by atoms with Crippen molar-refractivity contribution in [1.29, 1.82) is 0 Å². The molecule has 2 N–H and O–H groups in total. The molecule has 2 aromatic rings. The Morgan fingerprint density at radius 2 is 1.81 bits per heavy atom. The first-order valence-electron chi connectivity index (χ1n) is 11.7. The summed E-state index contributed by atoms with van der Waals surface area (Å²) in [4.78, 5) is 15.0. The minimum absolute atomic E-state index is 0.104. The summed E-state index contributed by atoms with van der Waals surface area (Å²) in [5.41, 5.74) is 3.56. The van der Waals surface area contributed by atoms with E-state index < -0.39 is 11.7 Å². The van der Waals surface area contributed by atoms with Gasteiger partial charge in [-0.25, -0.2) is 9.97 Å². The first-order chi connectivity index (χ1) is 17.2. The van der Waals surface area contributed by atoms with Crippen LogP contribution in [0.4, 0.5) is 19.1 Å². The molecule has 0 saturated heterocycles. The number of nitrogens with zero attached hydrogens (tertiary/aromatic N) is 4. The van der Waals surface area contributed by atoms with Crippen LogP contribution in [0.3, 0.4) is 0 Å². The third-order valence-corrected chi connectivity index (χ3v) is 5.41. The van der Waals surface area contributed by atoms with Gasteiger partial charge in [0, 0.05) is 62.0 Å². The average Bonchev–Trinajstić information content (AvgIpc) is 2.84. The number of hydrogen-bond acceptors (Lipinski definition) is 6. The molecule has 0 unspecified atom stereocenters. The first-order valence-corrected chi connectivity index (χ1v) is 11.7. The van der Waals surface area contributed by atoms with Crippen molar-refractivity contribution in [2.45, 2.75) is 32.4 Å². The second kappa shape index (κ2) is 12.2. The fourth-order valence-corrected chi connectivity index (χ4v) is 3.63. The van der Waals surface area contributed by atoms with E-state index in [2.05, 4.69) is 50.6 Å². The van der Waals surface area contributed by atoms with Crippen molar-refractivity contribution >= 4 is 11.8 Å². The van der Waals surface area contributed by atoms with Gasteiger partial charge in [-0.2, -0.15) is 13.2 Å². The molecule has 0 fully saturated rings. The van der Waals surface area contributed by atoms with E-state index in [1.54, 1.807) is 18.5 Å². The van der Waals surface area contributed by atoms with Crippen LogP contribution in [0.5, 0.6) is 0 Å². The lowest BCUT2D eigenvalue weighted by Gasteiger charge is -2.17. The fraction of sp³-hybridized carbons (Fsp3) is 0.296. The third-order valence-electron chi connectivity index (χ3n) is 5.41. The Morgan fingerprint density at radius 1 is 1.11 bits per heavy atom. The van der Waals surface area contributed by atoms with Crippen molar-refractivity contribution < 1.29 is 13.2 Å². The standard InChI is InChI=1S/C27H31F3N6/c1-5-13-36(4)18-24(6-2)35-26-32-16-22(17-33-26)21-9-7-20(8-10-21)14-19(3)34-25-15-23(11-12-31-25)27(28,29)30/h6-10,15-18H,2-3,5,11-14H2,1,4H3,(H,31,34)(H,32,33,35)/b24-18+. The Labute approximate surface area is 210 Å². The third kappa shape index (κ3) is 7.83. The first kappa shape index (κ1) is 26.7. The van der Waals surface area contributed by atoms with Gasteiger partial charge in [0.05, 0.1) is 5.70 Å². The van der Waals surface area contributed by atoms with E-state index in [0.717, 1.165) is 41.4 Å². The Morgan fingerprint density at radius 3 is 2.42 bits per heavy atom. The fourth-order valence-electron chi connectivity index (χ4n) is 3.63. The van der Waals surface area contributed by atoms with Crippen LogP contribution in [-0.2, 0) is 6.42 Å². The van der Waals surface area contributed by atoms with Gasteiger partial charge in [0.15, 0.2) is 0 Å². The van der Waals surface area contributed by atoms with Gasteiger partial charge in [0.2, 0.25) is 5.95 Å². The van der Waals surface area contributed by atoms with E-state index in [0.29, 0.717) is 18.1 Å². The molecule has 1 aliphatic heterocycles. The van der Waals surface area contributed by atoms with Gasteiger partial charge in [-0.15, -0.1) is 0 Å². The van der Waals surface area contributed by atoms with E-state index in [4.69, 9.17) is 0 Å². The van der Waals surface area contributed by atoms with Crippen molar-refractivity contribution in [2.75, 3.05) is 25.5 Å². The highest BCUT2D eigenvalue weighted by molar-refractivity contribution is 5.95. The highest BCUT2D eigenvalue weighted by Crippen LogP contribution is 2.29. The smallest absolute Gasteiger partial charge is 0.379 e. The minimum atomic E-state index is -4.34. The minimum Gasteiger partial charge on any atom is -0.379 e. The molecule has 36 heavy (non-hydrogen) atoms. The maximum absolute atomic E-state index is 12.9. The summed E-state index contributed by atoms with van der Waals surface area (Å²) in [6.07, 6.45) is 5.27. The van der Waals surface area contributed by atoms with Crippen molar-refractivity contribution in [3.05, 3.63) is 90.7 Å². The van der Waals surface area contributed by atoms with Crippen LogP contribution in [0.25, 0.3) is 11.1 Å². The Balaban J connectivity index is 1.58. The quantitative estimate of drug-likeness (QED) is 0.403. The summed E-state index contributed by atoms with van der Waals surface area (Å²) < 4.78 is 38.8. The number of anilines is 1. The molecule has 0 radical (unpaired) electrons. The van der Waals surface area contributed by atoms with E-state index >= 15 is 0 Å². The number of alkyl halides is 3. The summed E-state index contributed by atoms with van der Waals surface area (Å²) in [5.74, 6) is 0.662. The lowest BCUT2D eigenvalue weighted by atomic mass is 10.0. The number of allylic oxidation sites excluding steroid dienone is 2. The second-order valence-corrected chi connectivity index (χ2v) is 8.48. The zero-order valence-electron chi connectivity index (χ0n) is 20.6. The molecule has 1 aromatic heterocycles. The Bertz CT molecular complexity index is 1150. The Kier molecular flexibility index (Phi) is 9.05. The van der Waals surface area contributed by atoms with Gasteiger partial charge in [0.25, 0.3) is 0 Å². The van der Waals surface area contributed by atoms with Crippen LogP contribution in [0.15, 0.2) is 90.1 Å². The predicted molar refractivity (Wildman–Crippen MR) is 139 cm³/mol. The van der Waals surface area contributed by atoms with E-state index in [-0.39, 0.29) is 18.8 Å². The number of hydrogen-bond donors (Lipinski definition) is 2. The summed E-state index contributed by atoms with van der Waals surface area (Å²) in [6.45, 7) is 10.9. The van der Waals surface area contributed by atoms with E-state index in [9.17, 15) is 13.2 Å². The topological polar surface area (TPSA) is 65.4 Å². The molecule has 3 rings (SSSR count). The van der Waals surface area contributed by atoms with Gasteiger partial charge in [-0.3, -0.25) is 4.99 Å². The zero-order valence-corrected chi connectivity index (χ0v) is 20.6.